The van der Waals surface area contributed by atoms with Crippen molar-refractivity contribution in [2.45, 2.75) is 399 Å². The van der Waals surface area contributed by atoms with E-state index < -0.39 is 0 Å². The molecule has 0 amide bonds. The molecule has 2 atom stereocenters. The van der Waals surface area contributed by atoms with Gasteiger partial charge in [0.05, 0.1) is 0 Å². The largest absolute Gasteiger partial charge is 0.0979 e. The van der Waals surface area contributed by atoms with Crippen LogP contribution in [0.4, 0.5) is 0 Å². The molecule has 0 heterocycles. The predicted octanol–water partition coefficient (Wildman–Crippen LogP) is 27.4. The van der Waals surface area contributed by atoms with E-state index in [1.165, 1.54) is 332 Å². The Bertz CT molecular complexity index is 1810. The van der Waals surface area contributed by atoms with Crippen LogP contribution in [0.3, 0.4) is 0 Å². The zero-order valence-corrected chi connectivity index (χ0v) is 54.9. The van der Waals surface area contributed by atoms with Gasteiger partial charge in [-0.3, -0.25) is 0 Å². The van der Waals surface area contributed by atoms with Gasteiger partial charge >= 0.3 is 0 Å². The maximum Gasteiger partial charge on any atom is 0.0455 e. The van der Waals surface area contributed by atoms with Crippen LogP contribution in [0.5, 0.6) is 0 Å². The summed E-state index contributed by atoms with van der Waals surface area (Å²) in [6, 6.07) is 17.9. The smallest absolute Gasteiger partial charge is 0.0455 e. The molecule has 81 heavy (non-hydrogen) atoms. The minimum absolute atomic E-state index is 0.186. The molecule has 0 N–H and O–H groups in total. The number of hydrogen-bond acceptors (Lipinski definition) is 0. The third-order valence-electron chi connectivity index (χ3n) is 17.6. The molecule has 2 aromatic carbocycles. The van der Waals surface area contributed by atoms with Gasteiger partial charge in [0, 0.05) is 35.8 Å². The highest BCUT2D eigenvalue weighted by Gasteiger charge is 2.12. The summed E-state index contributed by atoms with van der Waals surface area (Å²) in [5, 5.41) is 0. The van der Waals surface area contributed by atoms with E-state index in [1.54, 1.807) is 0 Å². The molecule has 0 heteroatoms. The first-order valence-corrected chi connectivity index (χ1v) is 36.7. The maximum absolute atomic E-state index is 3.79. The van der Waals surface area contributed by atoms with Gasteiger partial charge in [0.1, 0.15) is 0 Å². The second-order valence-corrected chi connectivity index (χ2v) is 25.4. The molecule has 0 saturated carbocycles. The second kappa shape index (κ2) is 60.2. The van der Waals surface area contributed by atoms with Crippen LogP contribution in [-0.2, 0) is 0 Å². The fourth-order valence-electron chi connectivity index (χ4n) is 12.1. The lowest BCUT2D eigenvalue weighted by Crippen LogP contribution is -2.00. The topological polar surface area (TPSA) is 0 Å². The molecule has 0 spiro atoms. The van der Waals surface area contributed by atoms with Gasteiger partial charge < -0.3 is 0 Å². The van der Waals surface area contributed by atoms with Gasteiger partial charge in [0.25, 0.3) is 0 Å². The molecule has 0 aromatic heterocycles. The fraction of sp³-hybridized carbons (Fsp3) is 0.765. The molecule has 0 bridgehead atoms. The van der Waals surface area contributed by atoms with Gasteiger partial charge in [-0.25, -0.2) is 0 Å². The van der Waals surface area contributed by atoms with Crippen LogP contribution in [0.2, 0.25) is 0 Å². The van der Waals surface area contributed by atoms with Crippen LogP contribution in [-0.4, -0.2) is 0 Å². The van der Waals surface area contributed by atoms with Crippen LogP contribution in [0, 0.1) is 41.9 Å². The Labute approximate surface area is 509 Å². The Morgan fingerprint density at radius 2 is 0.556 bits per heavy atom. The molecule has 0 nitrogen and oxygen atoms in total. The Morgan fingerprint density at radius 1 is 0.296 bits per heavy atom. The summed E-state index contributed by atoms with van der Waals surface area (Å²) in [5.74, 6) is 22.1. The molecule has 0 saturated heterocycles. The number of rotatable bonds is 57. The van der Waals surface area contributed by atoms with Crippen molar-refractivity contribution in [1.82, 2.24) is 0 Å². The summed E-state index contributed by atoms with van der Waals surface area (Å²) >= 11 is 0. The van der Waals surface area contributed by atoms with E-state index in [0.29, 0.717) is 0 Å². The van der Waals surface area contributed by atoms with Crippen molar-refractivity contribution in [3.63, 3.8) is 0 Å². The Balaban J connectivity index is 1.54. The van der Waals surface area contributed by atoms with E-state index in [-0.39, 0.29) is 11.8 Å². The molecule has 0 aliphatic rings. The highest BCUT2D eigenvalue weighted by molar-refractivity contribution is 5.43. The Morgan fingerprint density at radius 3 is 0.827 bits per heavy atom. The van der Waals surface area contributed by atoms with Gasteiger partial charge in [-0.1, -0.05) is 409 Å². The van der Waals surface area contributed by atoms with E-state index in [9.17, 15) is 0 Å². The lowest BCUT2D eigenvalue weighted by molar-refractivity contribution is 0.516. The number of benzene rings is 2. The lowest BCUT2D eigenvalue weighted by atomic mass is 9.89. The molecule has 459 valence electrons. The number of hydrogen-bond donors (Lipinski definition) is 0. The summed E-state index contributed by atoms with van der Waals surface area (Å²) < 4.78 is 0. The SMILES string of the molecule is CC[CH]CC(C#CC(CCC)c1cccc(C#CCCCCCCCCCCCCCCCCCCCCCCCCCCC)c1)c1cccc(C#CCCCCCCCCCCCCCCCCCCCCCCCCCCC)c1. The minimum Gasteiger partial charge on any atom is -0.0979 e. The van der Waals surface area contributed by atoms with Gasteiger partial charge in [-0.2, -0.15) is 0 Å². The molecule has 0 aliphatic heterocycles. The minimum atomic E-state index is 0.186. The van der Waals surface area contributed by atoms with Crippen molar-refractivity contribution < 1.29 is 0 Å². The Hall–Kier alpha value is -2.88. The van der Waals surface area contributed by atoms with Crippen molar-refractivity contribution in [3.05, 3.63) is 77.2 Å². The first-order chi connectivity index (χ1) is 40.2. The van der Waals surface area contributed by atoms with E-state index in [0.717, 1.165) is 49.7 Å². The van der Waals surface area contributed by atoms with Crippen molar-refractivity contribution in [2.75, 3.05) is 0 Å². The normalized spacial score (nSPS) is 11.9. The van der Waals surface area contributed by atoms with Gasteiger partial charge in [-0.15, -0.1) is 0 Å². The molecule has 1 radical (unpaired) electrons. The van der Waals surface area contributed by atoms with Crippen molar-refractivity contribution in [3.8, 4) is 35.5 Å². The Kier molecular flexibility index (Phi) is 55.2. The summed E-state index contributed by atoms with van der Waals surface area (Å²) in [4.78, 5) is 0. The summed E-state index contributed by atoms with van der Waals surface area (Å²) in [6.07, 6.45) is 80.3. The molecule has 0 aliphatic carbocycles. The third-order valence-corrected chi connectivity index (χ3v) is 17.6. The van der Waals surface area contributed by atoms with Gasteiger partial charge in [-0.05, 0) is 67.5 Å². The molecular weight excluding hydrogens is 973 g/mol. The monoisotopic (exact) mass is 1110 g/mol. The molecule has 0 fully saturated rings. The van der Waals surface area contributed by atoms with Gasteiger partial charge in [0.15, 0.2) is 0 Å². The standard InChI is InChI=1S/C81H135/c1-5-9-12-14-16-18-20-22-24-26-28-30-32-34-36-38-40-42-44-46-48-50-52-54-56-58-60-65-76-67-62-70-80(74-76)78(64-8-4)72-73-79(69-11-7-3)81-71-63-68-77(75-81)66-61-59-57-55-53-51-49-47-45-43-41-39-37-35-33-31-29-27-25-23-21-19-17-15-13-10-6-2/h11,62-63,67-68,70-71,74-75,78-79H,5-10,12-59,64,69H2,1-4H3. The van der Waals surface area contributed by atoms with E-state index in [2.05, 4.69) is 118 Å². The van der Waals surface area contributed by atoms with Crippen molar-refractivity contribution in [1.29, 1.82) is 0 Å². The summed E-state index contributed by atoms with van der Waals surface area (Å²) in [5.41, 5.74) is 4.89. The quantitative estimate of drug-likeness (QED) is 0.0457. The molecule has 2 rings (SSSR count). The first kappa shape index (κ1) is 74.2. The van der Waals surface area contributed by atoms with Crippen molar-refractivity contribution in [2.24, 2.45) is 0 Å². The van der Waals surface area contributed by atoms with Crippen LogP contribution < -0.4 is 0 Å². The van der Waals surface area contributed by atoms with E-state index >= 15 is 0 Å². The molecule has 2 unspecified atom stereocenters. The van der Waals surface area contributed by atoms with Crippen LogP contribution in [0.15, 0.2) is 48.5 Å². The maximum atomic E-state index is 3.79. The van der Waals surface area contributed by atoms with E-state index in [1.807, 2.05) is 0 Å². The molecule has 2 aromatic rings. The van der Waals surface area contributed by atoms with Crippen LogP contribution >= 0.6 is 0 Å². The van der Waals surface area contributed by atoms with Crippen molar-refractivity contribution >= 4 is 0 Å². The zero-order chi connectivity index (χ0) is 57.7. The highest BCUT2D eigenvalue weighted by atomic mass is 14.2. The average molecular weight is 1110 g/mol. The van der Waals surface area contributed by atoms with E-state index in [4.69, 9.17) is 0 Å². The summed E-state index contributed by atoms with van der Waals surface area (Å²) in [7, 11) is 0. The summed E-state index contributed by atoms with van der Waals surface area (Å²) in [6.45, 7) is 9.15. The molecular formula is C81H135. The zero-order valence-electron chi connectivity index (χ0n) is 54.9. The second-order valence-electron chi connectivity index (χ2n) is 25.4. The average Bonchev–Trinajstić information content (AvgIpc) is 3.49. The third kappa shape index (κ3) is 48.1. The predicted molar refractivity (Wildman–Crippen MR) is 365 cm³/mol. The lowest BCUT2D eigenvalue weighted by Gasteiger charge is -2.14. The van der Waals surface area contributed by atoms with Crippen LogP contribution in [0.1, 0.15) is 421 Å². The highest BCUT2D eigenvalue weighted by Crippen LogP contribution is 2.27. The first-order valence-electron chi connectivity index (χ1n) is 36.7. The fourth-order valence-corrected chi connectivity index (χ4v) is 12.1. The van der Waals surface area contributed by atoms with Crippen LogP contribution in [0.25, 0.3) is 0 Å². The number of unbranched alkanes of at least 4 members (excludes halogenated alkanes) is 51. The van der Waals surface area contributed by atoms with Gasteiger partial charge in [0.2, 0.25) is 0 Å².